The lowest BCUT2D eigenvalue weighted by molar-refractivity contribution is -0.125. The highest BCUT2D eigenvalue weighted by Crippen LogP contribution is 2.27. The summed E-state index contributed by atoms with van der Waals surface area (Å²) in [5.41, 5.74) is 8.50. The van der Waals surface area contributed by atoms with E-state index in [-0.39, 0.29) is 30.9 Å². The van der Waals surface area contributed by atoms with E-state index in [4.69, 9.17) is 5.73 Å². The number of carbonyl (C=O) groups is 2. The van der Waals surface area contributed by atoms with E-state index in [2.05, 4.69) is 31.2 Å². The van der Waals surface area contributed by atoms with Crippen molar-refractivity contribution in [1.82, 2.24) is 4.90 Å². The van der Waals surface area contributed by atoms with Gasteiger partial charge < -0.3 is 10.6 Å². The normalized spacial score (nSPS) is 17.9. The molecule has 0 spiro atoms. The molecule has 27 heavy (non-hydrogen) atoms. The standard InChI is InChI=1S/C22H27N3O2/c1-2-3-11-20-14-25(22(27)16-24(20)15-21(23)26)19-12-7-10-18(13-19)17-8-5-4-6-9-17/h4-10,12-13,20H,2-3,11,14-16H2,1H3,(H2,23,26)/t20-/m0/s1. The lowest BCUT2D eigenvalue weighted by Gasteiger charge is -2.40. The number of benzene rings is 2. The molecule has 3 rings (SSSR count). The number of hydrogen-bond donors (Lipinski definition) is 1. The molecule has 1 heterocycles. The minimum absolute atomic E-state index is 0.00853. The van der Waals surface area contributed by atoms with Gasteiger partial charge in [0.05, 0.1) is 13.1 Å². The molecule has 0 aromatic heterocycles. The van der Waals surface area contributed by atoms with E-state index >= 15 is 0 Å². The van der Waals surface area contributed by atoms with Crippen LogP contribution < -0.4 is 10.6 Å². The molecular weight excluding hydrogens is 338 g/mol. The lowest BCUT2D eigenvalue weighted by Crippen LogP contribution is -2.58. The first-order valence-corrected chi connectivity index (χ1v) is 9.56. The van der Waals surface area contributed by atoms with Crippen LogP contribution in [-0.2, 0) is 9.59 Å². The Morgan fingerprint density at radius 2 is 1.85 bits per heavy atom. The Balaban J connectivity index is 1.83. The van der Waals surface area contributed by atoms with Gasteiger partial charge in [-0.05, 0) is 29.7 Å². The van der Waals surface area contributed by atoms with Crippen molar-refractivity contribution < 1.29 is 9.59 Å². The van der Waals surface area contributed by atoms with Crippen molar-refractivity contribution in [3.05, 3.63) is 54.6 Å². The summed E-state index contributed by atoms with van der Waals surface area (Å²) in [4.78, 5) is 28.0. The maximum Gasteiger partial charge on any atom is 0.241 e. The van der Waals surface area contributed by atoms with E-state index in [1.807, 2.05) is 40.1 Å². The number of amides is 2. The van der Waals surface area contributed by atoms with Crippen LogP contribution in [0.15, 0.2) is 54.6 Å². The highest BCUT2D eigenvalue weighted by atomic mass is 16.2. The van der Waals surface area contributed by atoms with Crippen molar-refractivity contribution in [3.8, 4) is 11.1 Å². The van der Waals surface area contributed by atoms with Crippen molar-refractivity contribution in [1.29, 1.82) is 0 Å². The number of anilines is 1. The van der Waals surface area contributed by atoms with Crippen LogP contribution in [0.25, 0.3) is 11.1 Å². The van der Waals surface area contributed by atoms with Gasteiger partial charge in [0.25, 0.3) is 0 Å². The summed E-state index contributed by atoms with van der Waals surface area (Å²) in [6.45, 7) is 3.10. The van der Waals surface area contributed by atoms with Gasteiger partial charge in [0.1, 0.15) is 0 Å². The lowest BCUT2D eigenvalue weighted by atomic mass is 10.0. The summed E-state index contributed by atoms with van der Waals surface area (Å²) in [6.07, 6.45) is 3.09. The molecule has 0 aliphatic carbocycles. The van der Waals surface area contributed by atoms with E-state index in [9.17, 15) is 9.59 Å². The van der Waals surface area contributed by atoms with E-state index in [1.165, 1.54) is 0 Å². The zero-order valence-electron chi connectivity index (χ0n) is 15.8. The first kappa shape index (κ1) is 19.1. The van der Waals surface area contributed by atoms with Crippen LogP contribution in [0.1, 0.15) is 26.2 Å². The van der Waals surface area contributed by atoms with Gasteiger partial charge in [0.15, 0.2) is 0 Å². The molecule has 142 valence electrons. The molecule has 0 bridgehead atoms. The number of unbranched alkanes of at least 4 members (excludes halogenated alkanes) is 1. The van der Waals surface area contributed by atoms with Crippen molar-refractivity contribution in [2.45, 2.75) is 32.2 Å². The smallest absolute Gasteiger partial charge is 0.241 e. The predicted molar refractivity (Wildman–Crippen MR) is 108 cm³/mol. The second-order valence-corrected chi connectivity index (χ2v) is 7.09. The third-order valence-corrected chi connectivity index (χ3v) is 5.06. The number of nitrogens with zero attached hydrogens (tertiary/aromatic N) is 2. The molecule has 5 nitrogen and oxygen atoms in total. The maximum atomic E-state index is 12.8. The molecule has 1 atom stereocenters. The first-order chi connectivity index (χ1) is 13.1. The summed E-state index contributed by atoms with van der Waals surface area (Å²) in [5.74, 6) is -0.377. The van der Waals surface area contributed by atoms with E-state index in [0.717, 1.165) is 36.1 Å². The maximum absolute atomic E-state index is 12.8. The van der Waals surface area contributed by atoms with Crippen LogP contribution in [0, 0.1) is 0 Å². The topological polar surface area (TPSA) is 66.6 Å². The molecule has 1 saturated heterocycles. The van der Waals surface area contributed by atoms with Crippen molar-refractivity contribution >= 4 is 17.5 Å². The minimum atomic E-state index is -0.385. The fourth-order valence-electron chi connectivity index (χ4n) is 3.65. The van der Waals surface area contributed by atoms with Gasteiger partial charge in [-0.25, -0.2) is 0 Å². The molecule has 2 aromatic rings. The summed E-state index contributed by atoms with van der Waals surface area (Å²) in [5, 5.41) is 0. The SMILES string of the molecule is CCCC[C@H]1CN(c2cccc(-c3ccccc3)c2)C(=O)CN1CC(N)=O. The molecule has 5 heteroatoms. The monoisotopic (exact) mass is 365 g/mol. The molecule has 1 fully saturated rings. The second-order valence-electron chi connectivity index (χ2n) is 7.09. The first-order valence-electron chi connectivity index (χ1n) is 9.56. The Labute approximate surface area is 160 Å². The zero-order chi connectivity index (χ0) is 19.2. The van der Waals surface area contributed by atoms with Gasteiger partial charge in [-0.15, -0.1) is 0 Å². The number of carbonyl (C=O) groups excluding carboxylic acids is 2. The molecule has 1 aliphatic heterocycles. The van der Waals surface area contributed by atoms with E-state index in [0.29, 0.717) is 6.54 Å². The third-order valence-electron chi connectivity index (χ3n) is 5.06. The number of nitrogens with two attached hydrogens (primary N) is 1. The van der Waals surface area contributed by atoms with Crippen LogP contribution in [0.3, 0.4) is 0 Å². The molecule has 0 unspecified atom stereocenters. The zero-order valence-corrected chi connectivity index (χ0v) is 15.8. The molecular formula is C22H27N3O2. The number of piperazine rings is 1. The summed E-state index contributed by atoms with van der Waals surface area (Å²) < 4.78 is 0. The van der Waals surface area contributed by atoms with Gasteiger partial charge in [-0.3, -0.25) is 14.5 Å². The Bertz CT molecular complexity index is 791. The van der Waals surface area contributed by atoms with Crippen LogP contribution in [0.5, 0.6) is 0 Å². The van der Waals surface area contributed by atoms with E-state index in [1.54, 1.807) is 0 Å². The van der Waals surface area contributed by atoms with E-state index < -0.39 is 0 Å². The molecule has 2 N–H and O–H groups in total. The van der Waals surface area contributed by atoms with Gasteiger partial charge >= 0.3 is 0 Å². The van der Waals surface area contributed by atoms with Crippen molar-refractivity contribution in [3.63, 3.8) is 0 Å². The van der Waals surface area contributed by atoms with Crippen LogP contribution >= 0.6 is 0 Å². The van der Waals surface area contributed by atoms with Crippen molar-refractivity contribution in [2.24, 2.45) is 5.73 Å². The number of hydrogen-bond acceptors (Lipinski definition) is 3. The number of rotatable bonds is 7. The fourth-order valence-corrected chi connectivity index (χ4v) is 3.65. The molecule has 1 aliphatic rings. The Hall–Kier alpha value is -2.66. The third kappa shape index (κ3) is 4.74. The predicted octanol–water partition coefficient (Wildman–Crippen LogP) is 3.05. The Morgan fingerprint density at radius 1 is 1.11 bits per heavy atom. The largest absolute Gasteiger partial charge is 0.369 e. The summed E-state index contributed by atoms with van der Waals surface area (Å²) >= 11 is 0. The van der Waals surface area contributed by atoms with Gasteiger partial charge in [0.2, 0.25) is 11.8 Å². The minimum Gasteiger partial charge on any atom is -0.369 e. The van der Waals surface area contributed by atoms with Crippen LogP contribution in [-0.4, -0.2) is 42.4 Å². The van der Waals surface area contributed by atoms with Gasteiger partial charge in [-0.2, -0.15) is 0 Å². The Morgan fingerprint density at radius 3 is 2.56 bits per heavy atom. The van der Waals surface area contributed by atoms with Crippen molar-refractivity contribution in [2.75, 3.05) is 24.5 Å². The highest BCUT2D eigenvalue weighted by molar-refractivity contribution is 5.96. The van der Waals surface area contributed by atoms with Gasteiger partial charge in [0, 0.05) is 18.3 Å². The highest BCUT2D eigenvalue weighted by Gasteiger charge is 2.33. The van der Waals surface area contributed by atoms with Crippen LogP contribution in [0.2, 0.25) is 0 Å². The van der Waals surface area contributed by atoms with Crippen LogP contribution in [0.4, 0.5) is 5.69 Å². The fraction of sp³-hybridized carbons (Fsp3) is 0.364. The molecule has 0 saturated carbocycles. The van der Waals surface area contributed by atoms with Gasteiger partial charge in [-0.1, -0.05) is 62.2 Å². The molecule has 0 radical (unpaired) electrons. The second kappa shape index (κ2) is 8.82. The quantitative estimate of drug-likeness (QED) is 0.820. The Kier molecular flexibility index (Phi) is 6.24. The summed E-state index contributed by atoms with van der Waals surface area (Å²) in [6, 6.07) is 18.4. The molecule has 2 aromatic carbocycles. The average Bonchev–Trinajstić information content (AvgIpc) is 2.68. The summed E-state index contributed by atoms with van der Waals surface area (Å²) in [7, 11) is 0. The molecule has 2 amide bonds. The number of primary amides is 1. The average molecular weight is 365 g/mol.